The summed E-state index contributed by atoms with van der Waals surface area (Å²) in [5, 5.41) is 9.40. The largest absolute Gasteiger partial charge is 0.370 e. The molecule has 2 aromatic rings. The highest BCUT2D eigenvalue weighted by atomic mass is 32.1. The Morgan fingerprint density at radius 2 is 2.06 bits per heavy atom. The topological polar surface area (TPSA) is 55.6 Å². The molecule has 6 nitrogen and oxygen atoms in total. The molecular weight excluding hydrogens is 406 g/mol. The summed E-state index contributed by atoms with van der Waals surface area (Å²) in [7, 11) is 2.28. The van der Waals surface area contributed by atoms with E-state index in [2.05, 4.69) is 45.8 Å². The van der Waals surface area contributed by atoms with Crippen LogP contribution in [0.25, 0.3) is 10.2 Å². The zero-order valence-corrected chi connectivity index (χ0v) is 19.5. The van der Waals surface area contributed by atoms with Crippen LogP contribution in [0.15, 0.2) is 17.6 Å². The fourth-order valence-corrected chi connectivity index (χ4v) is 6.84. The average molecular weight is 440 g/mol. The molecule has 0 amide bonds. The minimum Gasteiger partial charge on any atom is -0.370 e. The van der Waals surface area contributed by atoms with E-state index in [4.69, 9.17) is 4.74 Å². The number of morpholine rings is 1. The minimum absolute atomic E-state index is 0.195. The van der Waals surface area contributed by atoms with Crippen LogP contribution in [0.5, 0.6) is 0 Å². The molecule has 1 spiro atoms. The van der Waals surface area contributed by atoms with Gasteiger partial charge in [0, 0.05) is 26.2 Å². The number of benzene rings is 1. The van der Waals surface area contributed by atoms with Crippen molar-refractivity contribution in [2.75, 3.05) is 57.8 Å². The van der Waals surface area contributed by atoms with Crippen molar-refractivity contribution in [1.82, 2.24) is 14.8 Å². The first kappa shape index (κ1) is 21.1. The smallest absolute Gasteiger partial charge is 0.101 e. The van der Waals surface area contributed by atoms with Crippen LogP contribution >= 0.6 is 11.3 Å². The minimum atomic E-state index is 0.195. The van der Waals surface area contributed by atoms with Crippen LogP contribution in [0.3, 0.4) is 0 Å². The Balaban J connectivity index is 1.25. The molecule has 1 aromatic heterocycles. The first-order chi connectivity index (χ1) is 15.0. The fourth-order valence-electron chi connectivity index (χ4n) is 5.98. The lowest BCUT2D eigenvalue weighted by Crippen LogP contribution is -2.54. The number of thiazole rings is 1. The molecule has 3 aliphatic rings. The normalized spacial score (nSPS) is 27.6. The van der Waals surface area contributed by atoms with Crippen molar-refractivity contribution in [2.45, 2.75) is 44.8 Å². The van der Waals surface area contributed by atoms with Gasteiger partial charge in [0.1, 0.15) is 11.6 Å². The third-order valence-corrected chi connectivity index (χ3v) is 8.33. The monoisotopic (exact) mass is 439 g/mol. The Labute approximate surface area is 189 Å². The highest BCUT2D eigenvalue weighted by molar-refractivity contribution is 7.17. The maximum atomic E-state index is 9.40. The van der Waals surface area contributed by atoms with Gasteiger partial charge in [0.05, 0.1) is 33.7 Å². The van der Waals surface area contributed by atoms with E-state index >= 15 is 0 Å². The number of likely N-dealkylation sites (tertiary alicyclic amines) is 2. The maximum Gasteiger partial charge on any atom is 0.101 e. The van der Waals surface area contributed by atoms with Gasteiger partial charge in [0.2, 0.25) is 0 Å². The van der Waals surface area contributed by atoms with E-state index in [1.807, 2.05) is 11.6 Å². The zero-order chi connectivity index (χ0) is 21.4. The van der Waals surface area contributed by atoms with Gasteiger partial charge < -0.3 is 19.4 Å². The predicted octanol–water partition coefficient (Wildman–Crippen LogP) is 3.57. The summed E-state index contributed by atoms with van der Waals surface area (Å²) in [4.78, 5) is 12.1. The number of anilines is 1. The lowest BCUT2D eigenvalue weighted by Gasteiger charge is -2.48. The van der Waals surface area contributed by atoms with Crippen molar-refractivity contribution in [2.24, 2.45) is 5.41 Å². The van der Waals surface area contributed by atoms with E-state index in [1.54, 1.807) is 11.3 Å². The lowest BCUT2D eigenvalue weighted by atomic mass is 9.72. The summed E-state index contributed by atoms with van der Waals surface area (Å²) in [6.07, 6.45) is 5.80. The van der Waals surface area contributed by atoms with E-state index < -0.39 is 0 Å². The zero-order valence-electron chi connectivity index (χ0n) is 18.7. The second-order valence-electron chi connectivity index (χ2n) is 9.89. The summed E-state index contributed by atoms with van der Waals surface area (Å²) in [5.41, 5.74) is 5.09. The molecule has 166 valence electrons. The Morgan fingerprint density at radius 1 is 1.23 bits per heavy atom. The third-order valence-electron chi connectivity index (χ3n) is 7.48. The first-order valence-electron chi connectivity index (χ1n) is 11.6. The van der Waals surface area contributed by atoms with Crippen LogP contribution < -0.4 is 4.90 Å². The van der Waals surface area contributed by atoms with Gasteiger partial charge in [-0.05, 0) is 76.8 Å². The van der Waals surface area contributed by atoms with Gasteiger partial charge in [-0.15, -0.1) is 11.3 Å². The number of piperidine rings is 2. The van der Waals surface area contributed by atoms with Gasteiger partial charge >= 0.3 is 0 Å². The van der Waals surface area contributed by atoms with Gasteiger partial charge in [-0.3, -0.25) is 0 Å². The Morgan fingerprint density at radius 3 is 2.84 bits per heavy atom. The number of nitrogens with zero attached hydrogens (tertiary/aromatic N) is 5. The molecule has 3 saturated heterocycles. The second-order valence-corrected chi connectivity index (χ2v) is 10.7. The quantitative estimate of drug-likeness (QED) is 0.729. The number of hydrogen-bond acceptors (Lipinski definition) is 7. The highest BCUT2D eigenvalue weighted by Crippen LogP contribution is 2.40. The highest BCUT2D eigenvalue weighted by Gasteiger charge is 2.38. The molecule has 0 radical (unpaired) electrons. The standard InChI is InChI=1S/C24H33N5OS/c1-18-13-29(21-5-4-19(12-25)22-23(21)31-17-26-22)15-20(30-18)14-28-10-7-24(8-11-28)6-3-9-27(2)16-24/h4-5,17-18,20H,3,6-11,13-16H2,1-2H3/t18-,20+/m1/s1. The van der Waals surface area contributed by atoms with E-state index in [9.17, 15) is 5.26 Å². The molecule has 0 saturated carbocycles. The fraction of sp³-hybridized carbons (Fsp3) is 0.667. The molecule has 1 aromatic carbocycles. The molecule has 3 aliphatic heterocycles. The van der Waals surface area contributed by atoms with Crippen molar-refractivity contribution >= 4 is 27.2 Å². The van der Waals surface area contributed by atoms with Gasteiger partial charge in [0.15, 0.2) is 0 Å². The summed E-state index contributed by atoms with van der Waals surface area (Å²) >= 11 is 1.63. The number of ether oxygens (including phenoxy) is 1. The van der Waals surface area contributed by atoms with Gasteiger partial charge in [0.25, 0.3) is 0 Å². The predicted molar refractivity (Wildman–Crippen MR) is 126 cm³/mol. The third kappa shape index (κ3) is 4.31. The first-order valence-corrected chi connectivity index (χ1v) is 12.5. The van der Waals surface area contributed by atoms with Crippen molar-refractivity contribution in [3.8, 4) is 6.07 Å². The molecule has 0 unspecified atom stereocenters. The molecule has 0 bridgehead atoms. The summed E-state index contributed by atoms with van der Waals surface area (Å²) in [6.45, 7) is 9.88. The van der Waals surface area contributed by atoms with Gasteiger partial charge in [-0.25, -0.2) is 4.98 Å². The van der Waals surface area contributed by atoms with Crippen molar-refractivity contribution in [1.29, 1.82) is 5.26 Å². The number of hydrogen-bond donors (Lipinski definition) is 0. The SMILES string of the molecule is C[C@@H]1CN(c2ccc(C#N)c3ncsc23)C[C@H](CN2CCC3(CCCN(C)C3)CC2)O1. The molecule has 0 aliphatic carbocycles. The lowest BCUT2D eigenvalue weighted by molar-refractivity contribution is -0.0451. The number of aromatic nitrogens is 1. The Bertz CT molecular complexity index is 961. The summed E-state index contributed by atoms with van der Waals surface area (Å²) in [6, 6.07) is 6.29. The number of nitriles is 1. The van der Waals surface area contributed by atoms with E-state index in [-0.39, 0.29) is 12.2 Å². The molecule has 0 N–H and O–H groups in total. The Kier molecular flexibility index (Phi) is 5.91. The summed E-state index contributed by atoms with van der Waals surface area (Å²) in [5.74, 6) is 0. The number of fused-ring (bicyclic) bond motifs is 1. The van der Waals surface area contributed by atoms with Crippen LogP contribution in [0.1, 0.15) is 38.2 Å². The molecular formula is C24H33N5OS. The molecule has 7 heteroatoms. The number of rotatable bonds is 3. The van der Waals surface area contributed by atoms with Crippen LogP contribution in [-0.2, 0) is 4.74 Å². The summed E-state index contributed by atoms with van der Waals surface area (Å²) < 4.78 is 7.50. The van der Waals surface area contributed by atoms with Crippen LogP contribution in [0, 0.1) is 16.7 Å². The van der Waals surface area contributed by atoms with Crippen molar-refractivity contribution < 1.29 is 4.74 Å². The van der Waals surface area contributed by atoms with Crippen LogP contribution in [-0.4, -0.2) is 79.9 Å². The molecule has 2 atom stereocenters. The molecule has 5 rings (SSSR count). The average Bonchev–Trinajstić information content (AvgIpc) is 3.24. The van der Waals surface area contributed by atoms with E-state index in [0.29, 0.717) is 11.0 Å². The van der Waals surface area contributed by atoms with Crippen LogP contribution in [0.4, 0.5) is 5.69 Å². The van der Waals surface area contributed by atoms with Crippen molar-refractivity contribution in [3.05, 3.63) is 23.2 Å². The van der Waals surface area contributed by atoms with Crippen LogP contribution in [0.2, 0.25) is 0 Å². The molecule has 31 heavy (non-hydrogen) atoms. The van der Waals surface area contributed by atoms with E-state index in [1.165, 1.54) is 57.5 Å². The van der Waals surface area contributed by atoms with E-state index in [0.717, 1.165) is 29.9 Å². The van der Waals surface area contributed by atoms with Crippen molar-refractivity contribution in [3.63, 3.8) is 0 Å². The molecule has 4 heterocycles. The second kappa shape index (κ2) is 8.67. The van der Waals surface area contributed by atoms with Gasteiger partial charge in [-0.2, -0.15) is 5.26 Å². The maximum absolute atomic E-state index is 9.40. The van der Waals surface area contributed by atoms with Gasteiger partial charge in [-0.1, -0.05) is 0 Å². The molecule has 3 fully saturated rings. The Hall–Kier alpha value is -1.72.